The molecule has 0 saturated heterocycles. The van der Waals surface area contributed by atoms with Gasteiger partial charge in [0.05, 0.1) is 11.1 Å². The second kappa shape index (κ2) is 7.46. The summed E-state index contributed by atoms with van der Waals surface area (Å²) in [6.45, 7) is 0.372. The fraction of sp³-hybridized carbons (Fsp3) is 0.316. The number of H-pyrrole nitrogens is 1. The van der Waals surface area contributed by atoms with E-state index in [0.29, 0.717) is 36.2 Å². The van der Waals surface area contributed by atoms with Crippen molar-refractivity contribution in [1.82, 2.24) is 9.97 Å². The van der Waals surface area contributed by atoms with Crippen LogP contribution in [-0.4, -0.2) is 16.5 Å². The number of aromatic amines is 1. The van der Waals surface area contributed by atoms with Crippen molar-refractivity contribution in [1.29, 1.82) is 0 Å². The Morgan fingerprint density at radius 2 is 1.61 bits per heavy atom. The molecule has 3 N–H and O–H groups in total. The summed E-state index contributed by atoms with van der Waals surface area (Å²) in [6.07, 6.45) is -5.53. The smallest absolute Gasteiger partial charge is 0.354 e. The number of fused-ring (bicyclic) bond motifs is 1. The average molecular weight is 401 g/mol. The highest BCUT2D eigenvalue weighted by atomic mass is 19.4. The lowest BCUT2D eigenvalue weighted by Crippen LogP contribution is -2.11. The van der Waals surface area contributed by atoms with E-state index in [0.717, 1.165) is 6.07 Å². The Morgan fingerprint density at radius 1 is 0.929 bits per heavy atom. The van der Waals surface area contributed by atoms with Crippen LogP contribution in [0.4, 0.5) is 26.3 Å². The number of alkyl halides is 6. The lowest BCUT2D eigenvalue weighted by molar-refractivity contribution is -0.142. The van der Waals surface area contributed by atoms with Crippen LogP contribution < -0.4 is 5.73 Å². The summed E-state index contributed by atoms with van der Waals surface area (Å²) in [5, 5.41) is -0.232. The monoisotopic (exact) mass is 401 g/mol. The van der Waals surface area contributed by atoms with Crippen LogP contribution >= 0.6 is 0 Å². The fourth-order valence-electron chi connectivity index (χ4n) is 3.25. The summed E-state index contributed by atoms with van der Waals surface area (Å²) < 4.78 is 80.4. The highest BCUT2D eigenvalue weighted by Crippen LogP contribution is 2.43. The quantitative estimate of drug-likeness (QED) is 0.435. The summed E-state index contributed by atoms with van der Waals surface area (Å²) in [7, 11) is 0. The van der Waals surface area contributed by atoms with E-state index in [1.54, 1.807) is 12.1 Å². The third-order valence-electron chi connectivity index (χ3n) is 4.48. The first-order valence-electron chi connectivity index (χ1n) is 8.56. The van der Waals surface area contributed by atoms with E-state index in [2.05, 4.69) is 9.97 Å². The van der Waals surface area contributed by atoms with Crippen LogP contribution in [0, 0.1) is 0 Å². The number of nitrogens with zero attached hydrogens (tertiary/aromatic N) is 1. The zero-order valence-corrected chi connectivity index (χ0v) is 14.6. The molecular weight excluding hydrogens is 384 g/mol. The third-order valence-corrected chi connectivity index (χ3v) is 4.48. The zero-order valence-electron chi connectivity index (χ0n) is 14.6. The molecule has 0 aliphatic rings. The molecule has 150 valence electrons. The van der Waals surface area contributed by atoms with Gasteiger partial charge < -0.3 is 10.7 Å². The van der Waals surface area contributed by atoms with Gasteiger partial charge in [-0.15, -0.1) is 0 Å². The summed E-state index contributed by atoms with van der Waals surface area (Å²) in [6, 6.07) is 4.09. The van der Waals surface area contributed by atoms with Gasteiger partial charge in [-0.2, -0.15) is 26.3 Å². The lowest BCUT2D eigenvalue weighted by atomic mass is 9.96. The fourth-order valence-corrected chi connectivity index (χ4v) is 3.25. The van der Waals surface area contributed by atoms with Crippen molar-refractivity contribution in [2.24, 2.45) is 5.73 Å². The zero-order chi connectivity index (χ0) is 20.5. The van der Waals surface area contributed by atoms with Gasteiger partial charge >= 0.3 is 12.4 Å². The van der Waals surface area contributed by atoms with Gasteiger partial charge in [-0.25, -0.2) is 0 Å². The van der Waals surface area contributed by atoms with Crippen LogP contribution in [0.25, 0.3) is 22.2 Å². The molecule has 0 bridgehead atoms. The predicted octanol–water partition coefficient (Wildman–Crippen LogP) is 5.55. The van der Waals surface area contributed by atoms with Crippen molar-refractivity contribution in [3.05, 3.63) is 53.3 Å². The molecule has 0 radical (unpaired) electrons. The normalized spacial score (nSPS) is 12.7. The number of hydrogen-bond acceptors (Lipinski definition) is 2. The number of pyridine rings is 1. The molecule has 0 saturated carbocycles. The first-order valence-corrected chi connectivity index (χ1v) is 8.56. The Balaban J connectivity index is 2.33. The van der Waals surface area contributed by atoms with Gasteiger partial charge in [0.2, 0.25) is 0 Å². The largest absolute Gasteiger partial charge is 0.417 e. The molecule has 0 fully saturated rings. The van der Waals surface area contributed by atoms with E-state index in [1.165, 1.54) is 12.4 Å². The molecule has 3 nitrogen and oxygen atoms in total. The maximum atomic E-state index is 13.7. The molecule has 0 amide bonds. The maximum Gasteiger partial charge on any atom is 0.417 e. The van der Waals surface area contributed by atoms with E-state index in [4.69, 9.17) is 5.73 Å². The number of nitrogens with one attached hydrogen (secondary N) is 1. The van der Waals surface area contributed by atoms with Crippen molar-refractivity contribution in [2.45, 2.75) is 31.6 Å². The van der Waals surface area contributed by atoms with Crippen molar-refractivity contribution >= 4 is 10.9 Å². The van der Waals surface area contributed by atoms with Gasteiger partial charge in [-0.05, 0) is 55.6 Å². The van der Waals surface area contributed by atoms with Crippen molar-refractivity contribution in [3.63, 3.8) is 0 Å². The molecule has 3 rings (SSSR count). The van der Waals surface area contributed by atoms with Crippen LogP contribution in [0.2, 0.25) is 0 Å². The maximum absolute atomic E-state index is 13.7. The highest BCUT2D eigenvalue weighted by molar-refractivity contribution is 5.94. The minimum absolute atomic E-state index is 0.179. The highest BCUT2D eigenvalue weighted by Gasteiger charge is 2.39. The van der Waals surface area contributed by atoms with Gasteiger partial charge in [-0.3, -0.25) is 4.98 Å². The minimum Gasteiger partial charge on any atom is -0.354 e. The minimum atomic E-state index is -4.93. The van der Waals surface area contributed by atoms with Crippen LogP contribution in [0.3, 0.4) is 0 Å². The Kier molecular flexibility index (Phi) is 5.38. The molecule has 1 aromatic carbocycles. The van der Waals surface area contributed by atoms with Crippen LogP contribution in [0.15, 0.2) is 36.7 Å². The van der Waals surface area contributed by atoms with E-state index in [9.17, 15) is 26.3 Å². The number of nitrogens with two attached hydrogens (primary N) is 1. The Morgan fingerprint density at radius 3 is 2.18 bits per heavy atom. The second-order valence-electron chi connectivity index (χ2n) is 6.40. The number of aromatic nitrogens is 2. The van der Waals surface area contributed by atoms with Gasteiger partial charge in [-0.1, -0.05) is 0 Å². The standard InChI is InChI=1S/C19H17F6N3/c20-18(21,22)12-9-14(19(23,24)25)16-13(3-1-2-6-26)17(28-15(16)10-12)11-4-7-27-8-5-11/h4-5,7-10,28H,1-3,6,26H2. The van der Waals surface area contributed by atoms with Crippen molar-refractivity contribution in [3.8, 4) is 11.3 Å². The second-order valence-corrected chi connectivity index (χ2v) is 6.40. The van der Waals surface area contributed by atoms with Crippen LogP contribution in [0.1, 0.15) is 29.5 Å². The Labute approximate surface area is 156 Å². The molecule has 0 unspecified atom stereocenters. The summed E-state index contributed by atoms with van der Waals surface area (Å²) in [5.41, 5.74) is 3.88. The van der Waals surface area contributed by atoms with Gasteiger partial charge in [0, 0.05) is 34.6 Å². The lowest BCUT2D eigenvalue weighted by Gasteiger charge is -2.14. The van der Waals surface area contributed by atoms with E-state index in [1.807, 2.05) is 0 Å². The molecule has 28 heavy (non-hydrogen) atoms. The van der Waals surface area contributed by atoms with Gasteiger partial charge in [0.1, 0.15) is 0 Å². The van der Waals surface area contributed by atoms with Crippen molar-refractivity contribution in [2.75, 3.05) is 6.54 Å². The number of hydrogen-bond donors (Lipinski definition) is 2. The van der Waals surface area contributed by atoms with Crippen LogP contribution in [0.5, 0.6) is 0 Å². The Bertz CT molecular complexity index is 958. The summed E-state index contributed by atoms with van der Waals surface area (Å²) in [4.78, 5) is 6.65. The van der Waals surface area contributed by atoms with Crippen molar-refractivity contribution < 1.29 is 26.3 Å². The molecule has 2 aromatic heterocycles. The molecule has 3 aromatic rings. The molecule has 2 heterocycles. The molecule has 0 spiro atoms. The SMILES string of the molecule is NCCCCc1c(-c2ccncc2)[nH]c2cc(C(F)(F)F)cc(C(F)(F)F)c12. The molecule has 0 aliphatic carbocycles. The third kappa shape index (κ3) is 3.99. The first kappa shape index (κ1) is 20.2. The average Bonchev–Trinajstić information content (AvgIpc) is 2.99. The number of aryl methyl sites for hydroxylation is 1. The predicted molar refractivity (Wildman–Crippen MR) is 93.5 cm³/mol. The Hall–Kier alpha value is -2.55. The first-order chi connectivity index (χ1) is 13.1. The van der Waals surface area contributed by atoms with E-state index in [-0.39, 0.29) is 23.4 Å². The number of rotatable bonds is 5. The van der Waals surface area contributed by atoms with Crippen LogP contribution in [-0.2, 0) is 18.8 Å². The molecule has 0 aliphatic heterocycles. The molecule has 9 heteroatoms. The number of unbranched alkanes of at least 4 members (excludes halogenated alkanes) is 1. The summed E-state index contributed by atoms with van der Waals surface area (Å²) in [5.74, 6) is 0. The van der Waals surface area contributed by atoms with E-state index >= 15 is 0 Å². The topological polar surface area (TPSA) is 54.7 Å². The number of benzene rings is 1. The molecular formula is C19H17F6N3. The molecule has 0 atom stereocenters. The summed E-state index contributed by atoms with van der Waals surface area (Å²) >= 11 is 0. The van der Waals surface area contributed by atoms with Gasteiger partial charge in [0.15, 0.2) is 0 Å². The van der Waals surface area contributed by atoms with E-state index < -0.39 is 23.5 Å². The van der Waals surface area contributed by atoms with Gasteiger partial charge in [0.25, 0.3) is 0 Å². The number of halogens is 6.